The molecular weight excluding hydrogens is 288 g/mol. The molecule has 0 N–H and O–H groups in total. The van der Waals surface area contributed by atoms with E-state index in [0.717, 1.165) is 10.8 Å². The summed E-state index contributed by atoms with van der Waals surface area (Å²) in [6, 6.07) is 11.1. The van der Waals surface area contributed by atoms with E-state index in [4.69, 9.17) is 16.3 Å². The highest BCUT2D eigenvalue weighted by Crippen LogP contribution is 2.32. The van der Waals surface area contributed by atoms with E-state index in [0.29, 0.717) is 17.3 Å². The highest BCUT2D eigenvalue weighted by molar-refractivity contribution is 6.35. The topological polar surface area (TPSA) is 44.1 Å². The Hall–Kier alpha value is -2.33. The normalized spacial score (nSPS) is 10.8. The summed E-state index contributed by atoms with van der Waals surface area (Å²) < 4.78 is 7.26. The second-order valence-corrected chi connectivity index (χ2v) is 4.92. The largest absolute Gasteiger partial charge is 0.434 e. The fourth-order valence-electron chi connectivity index (χ4n) is 2.17. The predicted molar refractivity (Wildman–Crippen MR) is 83.2 cm³/mol. The summed E-state index contributed by atoms with van der Waals surface area (Å²) in [6.07, 6.45) is 3.19. The van der Waals surface area contributed by atoms with Crippen molar-refractivity contribution in [1.82, 2.24) is 9.55 Å². The van der Waals surface area contributed by atoms with Gasteiger partial charge in [0.2, 0.25) is 0 Å². The van der Waals surface area contributed by atoms with Gasteiger partial charge in [-0.05, 0) is 19.1 Å². The first-order valence-electron chi connectivity index (χ1n) is 6.61. The zero-order valence-corrected chi connectivity index (χ0v) is 12.2. The molecule has 0 aliphatic rings. The fourth-order valence-corrected chi connectivity index (χ4v) is 2.40. The summed E-state index contributed by atoms with van der Waals surface area (Å²) in [6.45, 7) is 2.46. The number of hydrogen-bond acceptors (Lipinski definition) is 3. The first-order chi connectivity index (χ1) is 10.2. The van der Waals surface area contributed by atoms with Crippen molar-refractivity contribution in [2.24, 2.45) is 0 Å². The Balaban J connectivity index is 2.11. The molecule has 1 aromatic heterocycles. The van der Waals surface area contributed by atoms with Gasteiger partial charge in [-0.15, -0.1) is 0 Å². The molecule has 0 fully saturated rings. The second kappa shape index (κ2) is 5.58. The molecule has 0 radical (unpaired) electrons. The van der Waals surface area contributed by atoms with E-state index in [2.05, 4.69) is 4.98 Å². The smallest absolute Gasteiger partial charge is 0.313 e. The lowest BCUT2D eigenvalue weighted by molar-refractivity contribution is 0.450. The monoisotopic (exact) mass is 300 g/mol. The Bertz CT molecular complexity index is 858. The molecule has 3 rings (SSSR count). The summed E-state index contributed by atoms with van der Waals surface area (Å²) in [5.41, 5.74) is -0.251. The molecule has 21 heavy (non-hydrogen) atoms. The Labute approximate surface area is 126 Å². The van der Waals surface area contributed by atoms with Gasteiger partial charge < -0.3 is 9.30 Å². The Morgan fingerprint density at radius 3 is 2.71 bits per heavy atom. The minimum Gasteiger partial charge on any atom is -0.434 e. The van der Waals surface area contributed by atoms with Crippen molar-refractivity contribution in [3.8, 4) is 11.6 Å². The molecule has 0 aliphatic heterocycles. The molecule has 2 aromatic carbocycles. The van der Waals surface area contributed by atoms with Gasteiger partial charge in [0, 0.05) is 34.7 Å². The zero-order valence-electron chi connectivity index (χ0n) is 11.4. The van der Waals surface area contributed by atoms with Crippen molar-refractivity contribution < 1.29 is 4.74 Å². The summed E-state index contributed by atoms with van der Waals surface area (Å²) in [4.78, 5) is 16.2. The lowest BCUT2D eigenvalue weighted by atomic mass is 10.1. The number of nitrogens with zero attached hydrogens (tertiary/aromatic N) is 2. The van der Waals surface area contributed by atoms with Crippen molar-refractivity contribution in [3.63, 3.8) is 0 Å². The summed E-state index contributed by atoms with van der Waals surface area (Å²) in [5.74, 6) is 0.625. The van der Waals surface area contributed by atoms with Gasteiger partial charge in [-0.2, -0.15) is 0 Å². The molecule has 106 valence electrons. The van der Waals surface area contributed by atoms with Gasteiger partial charge in [0.05, 0.1) is 0 Å². The molecule has 4 nitrogen and oxygen atoms in total. The van der Waals surface area contributed by atoms with Crippen LogP contribution in [-0.2, 0) is 6.54 Å². The highest BCUT2D eigenvalue weighted by atomic mass is 35.5. The average Bonchev–Trinajstić information content (AvgIpc) is 2.52. The predicted octanol–water partition coefficient (Wildman–Crippen LogP) is 3.86. The van der Waals surface area contributed by atoms with Gasteiger partial charge >= 0.3 is 5.56 Å². The second-order valence-electron chi connectivity index (χ2n) is 4.52. The molecule has 0 amide bonds. The van der Waals surface area contributed by atoms with Crippen molar-refractivity contribution >= 4 is 22.4 Å². The summed E-state index contributed by atoms with van der Waals surface area (Å²) >= 11 is 6.17. The standard InChI is InChI=1S/C16H13ClN2O2/c1-2-19-10-9-18-15(16(19)20)21-14-8-7-13(17)11-5-3-4-6-12(11)14/h3-10H,2H2,1H3. The molecule has 5 heteroatoms. The maximum atomic E-state index is 12.2. The van der Waals surface area contributed by atoms with Crippen LogP contribution in [0.4, 0.5) is 0 Å². The van der Waals surface area contributed by atoms with Crippen molar-refractivity contribution in [3.05, 3.63) is 64.2 Å². The number of benzene rings is 2. The van der Waals surface area contributed by atoms with Crippen LogP contribution in [0.15, 0.2) is 53.6 Å². The minimum atomic E-state index is -0.251. The van der Waals surface area contributed by atoms with Gasteiger partial charge in [-0.3, -0.25) is 4.79 Å². The number of rotatable bonds is 3. The van der Waals surface area contributed by atoms with Crippen molar-refractivity contribution in [2.45, 2.75) is 13.5 Å². The van der Waals surface area contributed by atoms with Gasteiger partial charge in [0.1, 0.15) is 5.75 Å². The van der Waals surface area contributed by atoms with Gasteiger partial charge in [-0.25, -0.2) is 4.98 Å². The van der Waals surface area contributed by atoms with Crippen LogP contribution in [0.25, 0.3) is 10.8 Å². The van der Waals surface area contributed by atoms with Crippen LogP contribution in [0.1, 0.15) is 6.92 Å². The fraction of sp³-hybridized carbons (Fsp3) is 0.125. The molecule has 0 saturated heterocycles. The van der Waals surface area contributed by atoms with E-state index in [-0.39, 0.29) is 11.4 Å². The van der Waals surface area contributed by atoms with Crippen LogP contribution in [0.3, 0.4) is 0 Å². The van der Waals surface area contributed by atoms with Crippen LogP contribution in [0, 0.1) is 0 Å². The SMILES string of the molecule is CCn1ccnc(Oc2ccc(Cl)c3ccccc23)c1=O. The van der Waals surface area contributed by atoms with Crippen LogP contribution in [-0.4, -0.2) is 9.55 Å². The molecule has 3 aromatic rings. The van der Waals surface area contributed by atoms with Crippen molar-refractivity contribution in [2.75, 3.05) is 0 Å². The van der Waals surface area contributed by atoms with Crippen LogP contribution < -0.4 is 10.3 Å². The van der Waals surface area contributed by atoms with Gasteiger partial charge in [0.15, 0.2) is 0 Å². The quantitative estimate of drug-likeness (QED) is 0.737. The van der Waals surface area contributed by atoms with E-state index in [1.165, 1.54) is 0 Å². The third-order valence-electron chi connectivity index (χ3n) is 3.26. The first-order valence-corrected chi connectivity index (χ1v) is 6.99. The number of ether oxygens (including phenoxy) is 1. The number of fused-ring (bicyclic) bond motifs is 1. The summed E-state index contributed by atoms with van der Waals surface area (Å²) in [7, 11) is 0. The molecule has 0 atom stereocenters. The molecule has 0 unspecified atom stereocenters. The molecule has 0 bridgehead atoms. The van der Waals surface area contributed by atoms with Crippen LogP contribution in [0.2, 0.25) is 5.02 Å². The zero-order chi connectivity index (χ0) is 14.8. The Kier molecular flexibility index (Phi) is 3.62. The van der Waals surface area contributed by atoms with E-state index in [1.54, 1.807) is 29.1 Å². The highest BCUT2D eigenvalue weighted by Gasteiger charge is 2.10. The first kappa shape index (κ1) is 13.6. The van der Waals surface area contributed by atoms with E-state index < -0.39 is 0 Å². The number of halogens is 1. The molecule has 1 heterocycles. The number of hydrogen-bond donors (Lipinski definition) is 0. The van der Waals surface area contributed by atoms with Gasteiger partial charge in [-0.1, -0.05) is 35.9 Å². The number of aromatic nitrogens is 2. The third kappa shape index (κ3) is 2.50. The van der Waals surface area contributed by atoms with Crippen molar-refractivity contribution in [1.29, 1.82) is 0 Å². The maximum absolute atomic E-state index is 12.2. The Morgan fingerprint density at radius 2 is 1.95 bits per heavy atom. The van der Waals surface area contributed by atoms with Gasteiger partial charge in [0.25, 0.3) is 5.88 Å². The molecule has 0 aliphatic carbocycles. The number of aryl methyl sites for hydroxylation is 1. The maximum Gasteiger partial charge on any atom is 0.313 e. The van der Waals surface area contributed by atoms with E-state index >= 15 is 0 Å². The van der Waals surface area contributed by atoms with Crippen LogP contribution in [0.5, 0.6) is 11.6 Å². The average molecular weight is 301 g/mol. The minimum absolute atomic E-state index is 0.0619. The van der Waals surface area contributed by atoms with E-state index in [9.17, 15) is 4.79 Å². The molecule has 0 spiro atoms. The molecule has 0 saturated carbocycles. The van der Waals surface area contributed by atoms with E-state index in [1.807, 2.05) is 31.2 Å². The summed E-state index contributed by atoms with van der Waals surface area (Å²) in [5, 5.41) is 2.37. The lowest BCUT2D eigenvalue weighted by Crippen LogP contribution is -2.20. The van der Waals surface area contributed by atoms with Crippen LogP contribution >= 0.6 is 11.6 Å². The third-order valence-corrected chi connectivity index (χ3v) is 3.59. The lowest BCUT2D eigenvalue weighted by Gasteiger charge is -2.10. The Morgan fingerprint density at radius 1 is 1.19 bits per heavy atom. The molecular formula is C16H13ClN2O2.